The van der Waals surface area contributed by atoms with Gasteiger partial charge < -0.3 is 5.32 Å². The van der Waals surface area contributed by atoms with Crippen molar-refractivity contribution in [2.75, 3.05) is 5.32 Å². The van der Waals surface area contributed by atoms with E-state index in [1.165, 1.54) is 4.68 Å². The van der Waals surface area contributed by atoms with Crippen LogP contribution in [-0.2, 0) is 11.3 Å². The predicted octanol–water partition coefficient (Wildman–Crippen LogP) is 3.70. The van der Waals surface area contributed by atoms with E-state index < -0.39 is 11.0 Å². The van der Waals surface area contributed by atoms with E-state index in [0.717, 1.165) is 22.5 Å². The van der Waals surface area contributed by atoms with Crippen LogP contribution < -0.4 is 5.32 Å². The maximum Gasteiger partial charge on any atom is 0.309 e. The van der Waals surface area contributed by atoms with E-state index in [1.54, 1.807) is 30.9 Å². The Bertz CT molecular complexity index is 1240. The number of fused-ring (bicyclic) bond motifs is 1. The highest BCUT2D eigenvalue weighted by atomic mass is 16.6. The molecule has 152 valence electrons. The zero-order valence-electron chi connectivity index (χ0n) is 16.5. The summed E-state index contributed by atoms with van der Waals surface area (Å²) in [6.45, 7) is 3.77. The van der Waals surface area contributed by atoms with Crippen LogP contribution in [0.2, 0.25) is 0 Å². The molecule has 0 saturated carbocycles. The average Bonchev–Trinajstić information content (AvgIpc) is 3.34. The van der Waals surface area contributed by atoms with Crippen LogP contribution in [0.3, 0.4) is 0 Å². The number of nitrogens with zero attached hydrogens (tertiary/aromatic N) is 5. The number of anilines is 1. The third kappa shape index (κ3) is 3.64. The van der Waals surface area contributed by atoms with Crippen LogP contribution in [0.1, 0.15) is 24.2 Å². The molecule has 0 fully saturated rings. The van der Waals surface area contributed by atoms with Crippen molar-refractivity contribution in [3.05, 3.63) is 82.4 Å². The number of nitro groups is 1. The standard InChI is InChI=1S/C21H20N6O3/c1-14-20(27(29)30)11-23-26(14)15(2)21(28)24-18-10-22-25(13-18)12-17-8-5-7-16-6-3-4-9-19(16)17/h3-11,13,15H,12H2,1-2H3,(H,24,28). The number of hydrogen-bond donors (Lipinski definition) is 1. The average molecular weight is 404 g/mol. The highest BCUT2D eigenvalue weighted by Gasteiger charge is 2.24. The van der Waals surface area contributed by atoms with Gasteiger partial charge in [0.1, 0.15) is 17.9 Å². The lowest BCUT2D eigenvalue weighted by molar-refractivity contribution is -0.385. The Hall–Kier alpha value is -4.01. The van der Waals surface area contributed by atoms with Gasteiger partial charge in [0.15, 0.2) is 0 Å². The molecule has 9 nitrogen and oxygen atoms in total. The molecule has 0 radical (unpaired) electrons. The van der Waals surface area contributed by atoms with Gasteiger partial charge in [-0.25, -0.2) is 0 Å². The molecule has 1 atom stereocenters. The van der Waals surface area contributed by atoms with E-state index in [0.29, 0.717) is 17.9 Å². The second kappa shape index (κ2) is 7.78. The van der Waals surface area contributed by atoms with Crippen molar-refractivity contribution >= 4 is 28.1 Å². The first-order valence-electron chi connectivity index (χ1n) is 9.42. The number of hydrogen-bond acceptors (Lipinski definition) is 5. The van der Waals surface area contributed by atoms with Crippen molar-refractivity contribution in [2.24, 2.45) is 0 Å². The molecule has 1 unspecified atom stereocenters. The molecule has 1 amide bonds. The van der Waals surface area contributed by atoms with E-state index in [9.17, 15) is 14.9 Å². The molecule has 0 aliphatic carbocycles. The molecule has 0 saturated heterocycles. The van der Waals surface area contributed by atoms with Crippen LogP contribution in [0, 0.1) is 17.0 Å². The van der Waals surface area contributed by atoms with Crippen molar-refractivity contribution in [1.82, 2.24) is 19.6 Å². The Morgan fingerprint density at radius 3 is 2.70 bits per heavy atom. The van der Waals surface area contributed by atoms with E-state index >= 15 is 0 Å². The van der Waals surface area contributed by atoms with Gasteiger partial charge in [-0.05, 0) is 30.2 Å². The van der Waals surface area contributed by atoms with Crippen LogP contribution in [0.25, 0.3) is 10.8 Å². The summed E-state index contributed by atoms with van der Waals surface area (Å²) in [6, 6.07) is 13.6. The summed E-state index contributed by atoms with van der Waals surface area (Å²) in [4.78, 5) is 23.1. The number of carbonyl (C=O) groups is 1. The molecule has 2 aromatic heterocycles. The largest absolute Gasteiger partial charge is 0.322 e. The van der Waals surface area contributed by atoms with Crippen molar-refractivity contribution < 1.29 is 9.72 Å². The zero-order chi connectivity index (χ0) is 21.3. The SMILES string of the molecule is Cc1c([N+](=O)[O-])cnn1C(C)C(=O)Nc1cnn(Cc2cccc3ccccc23)c1. The smallest absolute Gasteiger partial charge is 0.309 e. The Morgan fingerprint density at radius 2 is 1.93 bits per heavy atom. The third-order valence-corrected chi connectivity index (χ3v) is 5.07. The monoisotopic (exact) mass is 404 g/mol. The van der Waals surface area contributed by atoms with E-state index in [1.807, 2.05) is 18.2 Å². The maximum atomic E-state index is 12.6. The molecule has 1 N–H and O–H groups in total. The first-order chi connectivity index (χ1) is 14.4. The minimum absolute atomic E-state index is 0.113. The third-order valence-electron chi connectivity index (χ3n) is 5.07. The Kier molecular flexibility index (Phi) is 5.01. The highest BCUT2D eigenvalue weighted by molar-refractivity contribution is 5.93. The molecule has 30 heavy (non-hydrogen) atoms. The van der Waals surface area contributed by atoms with Gasteiger partial charge in [0.25, 0.3) is 0 Å². The molecule has 0 aliphatic rings. The summed E-state index contributed by atoms with van der Waals surface area (Å²) in [5.74, 6) is -0.333. The van der Waals surface area contributed by atoms with Crippen LogP contribution >= 0.6 is 0 Å². The fraction of sp³-hybridized carbons (Fsp3) is 0.190. The highest BCUT2D eigenvalue weighted by Crippen LogP contribution is 2.22. The molecule has 0 spiro atoms. The fourth-order valence-electron chi connectivity index (χ4n) is 3.46. The van der Waals surface area contributed by atoms with Crippen LogP contribution in [0.15, 0.2) is 61.1 Å². The van der Waals surface area contributed by atoms with Gasteiger partial charge in [-0.1, -0.05) is 42.5 Å². The molecule has 4 rings (SSSR count). The topological polar surface area (TPSA) is 108 Å². The first-order valence-corrected chi connectivity index (χ1v) is 9.42. The molecule has 0 aliphatic heterocycles. The molecular formula is C21H20N6O3. The van der Waals surface area contributed by atoms with Gasteiger partial charge >= 0.3 is 5.69 Å². The quantitative estimate of drug-likeness (QED) is 0.389. The van der Waals surface area contributed by atoms with Crippen molar-refractivity contribution in [2.45, 2.75) is 26.4 Å². The number of rotatable bonds is 6. The normalized spacial score (nSPS) is 12.1. The maximum absolute atomic E-state index is 12.6. The summed E-state index contributed by atoms with van der Waals surface area (Å²) >= 11 is 0. The van der Waals surface area contributed by atoms with Crippen LogP contribution in [-0.4, -0.2) is 30.4 Å². The second-order valence-corrected chi connectivity index (χ2v) is 7.05. The predicted molar refractivity (Wildman–Crippen MR) is 112 cm³/mol. The van der Waals surface area contributed by atoms with Gasteiger partial charge in [0, 0.05) is 6.20 Å². The van der Waals surface area contributed by atoms with E-state index in [4.69, 9.17) is 0 Å². The number of carbonyl (C=O) groups excluding carboxylic acids is 1. The number of nitrogens with one attached hydrogen (secondary N) is 1. The van der Waals surface area contributed by atoms with Crippen molar-refractivity contribution in [3.63, 3.8) is 0 Å². The molecule has 2 heterocycles. The Morgan fingerprint density at radius 1 is 1.17 bits per heavy atom. The zero-order valence-corrected chi connectivity index (χ0v) is 16.5. The summed E-state index contributed by atoms with van der Waals surface area (Å²) in [5.41, 5.74) is 1.89. The van der Waals surface area contributed by atoms with Crippen molar-refractivity contribution in [1.29, 1.82) is 0 Å². The number of amides is 1. The van der Waals surface area contributed by atoms with Crippen LogP contribution in [0.5, 0.6) is 0 Å². The summed E-state index contributed by atoms with van der Waals surface area (Å²) < 4.78 is 3.10. The van der Waals surface area contributed by atoms with Gasteiger partial charge in [0.2, 0.25) is 5.91 Å². The van der Waals surface area contributed by atoms with Crippen molar-refractivity contribution in [3.8, 4) is 0 Å². The minimum Gasteiger partial charge on any atom is -0.322 e. The molecule has 4 aromatic rings. The van der Waals surface area contributed by atoms with Gasteiger partial charge in [-0.15, -0.1) is 0 Å². The second-order valence-electron chi connectivity index (χ2n) is 7.05. The molecule has 0 bridgehead atoms. The van der Waals surface area contributed by atoms with Crippen LogP contribution in [0.4, 0.5) is 11.4 Å². The van der Waals surface area contributed by atoms with E-state index in [2.05, 4.69) is 39.8 Å². The first kappa shape index (κ1) is 19.3. The summed E-state index contributed by atoms with van der Waals surface area (Å²) in [5, 5.41) is 24.4. The number of aromatic nitrogens is 4. The van der Waals surface area contributed by atoms with Gasteiger partial charge in [-0.2, -0.15) is 10.2 Å². The lowest BCUT2D eigenvalue weighted by atomic mass is 10.0. The lowest BCUT2D eigenvalue weighted by Crippen LogP contribution is -2.25. The fourth-order valence-corrected chi connectivity index (χ4v) is 3.46. The van der Waals surface area contributed by atoms with Gasteiger partial charge in [0.05, 0.1) is 23.4 Å². The lowest BCUT2D eigenvalue weighted by Gasteiger charge is -2.13. The minimum atomic E-state index is -0.708. The van der Waals surface area contributed by atoms with Gasteiger partial charge in [-0.3, -0.25) is 24.3 Å². The molecule has 2 aromatic carbocycles. The molecule has 9 heteroatoms. The van der Waals surface area contributed by atoms with E-state index in [-0.39, 0.29) is 11.6 Å². The number of benzene rings is 2. The Labute approximate surface area is 172 Å². The molecular weight excluding hydrogens is 384 g/mol. The summed E-state index contributed by atoms with van der Waals surface area (Å²) in [6.07, 6.45) is 4.49. The summed E-state index contributed by atoms with van der Waals surface area (Å²) in [7, 11) is 0. The Balaban J connectivity index is 1.48.